The number of fused-ring (bicyclic) bond motifs is 2. The molecule has 2 aromatic rings. The summed E-state index contributed by atoms with van der Waals surface area (Å²) >= 11 is 0. The molecule has 216 valence electrons. The van der Waals surface area contributed by atoms with Crippen molar-refractivity contribution >= 4 is 17.9 Å². The first-order valence-electron chi connectivity index (χ1n) is 14.5. The van der Waals surface area contributed by atoms with E-state index in [1.807, 2.05) is 33.0 Å². The monoisotopic (exact) mass is 549 g/mol. The van der Waals surface area contributed by atoms with Gasteiger partial charge < -0.3 is 19.6 Å². The zero-order valence-electron chi connectivity index (χ0n) is 24.5. The normalized spacial score (nSPS) is 21.2. The van der Waals surface area contributed by atoms with E-state index in [1.165, 1.54) is 16.7 Å². The van der Waals surface area contributed by atoms with Crippen molar-refractivity contribution in [2.24, 2.45) is 0 Å². The topological polar surface area (TPSA) is 89.5 Å². The highest BCUT2D eigenvalue weighted by molar-refractivity contribution is 5.70. The van der Waals surface area contributed by atoms with Crippen LogP contribution in [0.1, 0.15) is 67.6 Å². The van der Waals surface area contributed by atoms with Crippen molar-refractivity contribution in [2.45, 2.75) is 77.6 Å². The van der Waals surface area contributed by atoms with Gasteiger partial charge in [-0.05, 0) is 88.7 Å². The molecule has 1 aromatic heterocycles. The van der Waals surface area contributed by atoms with Crippen LogP contribution in [-0.4, -0.2) is 88.4 Å². The number of amides is 2. The summed E-state index contributed by atoms with van der Waals surface area (Å²) in [7, 11) is 2.11. The van der Waals surface area contributed by atoms with Crippen LogP contribution in [0.4, 0.5) is 15.3 Å². The first-order valence-corrected chi connectivity index (χ1v) is 14.5. The van der Waals surface area contributed by atoms with Crippen LogP contribution in [0.3, 0.4) is 0 Å². The van der Waals surface area contributed by atoms with Crippen molar-refractivity contribution in [1.82, 2.24) is 19.7 Å². The van der Waals surface area contributed by atoms with Gasteiger partial charge in [-0.25, -0.2) is 9.59 Å². The second kappa shape index (κ2) is 11.3. The number of piperazine rings is 1. The molecule has 40 heavy (non-hydrogen) atoms. The fourth-order valence-electron chi connectivity index (χ4n) is 6.45. The lowest BCUT2D eigenvalue weighted by Gasteiger charge is -2.42. The van der Waals surface area contributed by atoms with E-state index in [1.54, 1.807) is 9.80 Å². The maximum atomic E-state index is 12.6. The molecule has 0 saturated carbocycles. The van der Waals surface area contributed by atoms with Crippen molar-refractivity contribution in [2.75, 3.05) is 44.7 Å². The molecule has 3 aliphatic rings. The largest absolute Gasteiger partial charge is 0.465 e. The highest BCUT2D eigenvalue weighted by atomic mass is 16.6. The van der Waals surface area contributed by atoms with Crippen molar-refractivity contribution in [1.29, 1.82) is 0 Å². The second-order valence-electron chi connectivity index (χ2n) is 12.5. The fourth-order valence-corrected chi connectivity index (χ4v) is 6.45. The minimum atomic E-state index is -0.877. The van der Waals surface area contributed by atoms with E-state index in [9.17, 15) is 14.7 Å². The molecule has 0 radical (unpaired) electrons. The van der Waals surface area contributed by atoms with Crippen LogP contribution < -0.4 is 4.90 Å². The molecule has 9 heteroatoms. The summed E-state index contributed by atoms with van der Waals surface area (Å²) < 4.78 is 5.57. The number of anilines is 1. The summed E-state index contributed by atoms with van der Waals surface area (Å²) in [6.45, 7) is 11.4. The summed E-state index contributed by atoms with van der Waals surface area (Å²) in [6, 6.07) is 8.50. The van der Waals surface area contributed by atoms with Crippen LogP contribution in [0, 0.1) is 6.92 Å². The number of benzene rings is 1. The molecule has 2 amide bonds. The number of aryl methyl sites for hydroxylation is 2. The predicted octanol–water partition coefficient (Wildman–Crippen LogP) is 4.86. The number of aromatic nitrogens is 1. The summed E-state index contributed by atoms with van der Waals surface area (Å²) in [5.41, 5.74) is 6.57. The number of carbonyl (C=O) groups is 2. The van der Waals surface area contributed by atoms with E-state index in [0.717, 1.165) is 36.2 Å². The minimum Gasteiger partial charge on any atom is -0.465 e. The molecule has 1 unspecified atom stereocenters. The quantitative estimate of drug-likeness (QED) is 0.583. The van der Waals surface area contributed by atoms with Gasteiger partial charge in [-0.15, -0.1) is 0 Å². The highest BCUT2D eigenvalue weighted by Crippen LogP contribution is 2.36. The molecule has 2 aliphatic heterocycles. The molecule has 1 saturated heterocycles. The van der Waals surface area contributed by atoms with Crippen LogP contribution in [0.2, 0.25) is 0 Å². The van der Waals surface area contributed by atoms with Crippen molar-refractivity contribution < 1.29 is 19.4 Å². The molecule has 0 bridgehead atoms. The smallest absolute Gasteiger partial charge is 0.410 e. The second-order valence-corrected chi connectivity index (χ2v) is 12.5. The number of likely N-dealkylation sites (N-methyl/N-ethyl adjacent to an activating group) is 1. The Morgan fingerprint density at radius 3 is 2.60 bits per heavy atom. The number of carboxylic acid groups (broad SMARTS) is 1. The Kier molecular flexibility index (Phi) is 7.95. The zero-order valence-corrected chi connectivity index (χ0v) is 24.5. The molecule has 9 nitrogen and oxygen atoms in total. The summed E-state index contributed by atoms with van der Waals surface area (Å²) in [4.78, 5) is 37.8. The molecule has 5 rings (SSSR count). The summed E-state index contributed by atoms with van der Waals surface area (Å²) in [6.07, 6.45) is 4.66. The van der Waals surface area contributed by atoms with Crippen LogP contribution in [-0.2, 0) is 24.1 Å². The van der Waals surface area contributed by atoms with Crippen molar-refractivity contribution in [3.8, 4) is 0 Å². The van der Waals surface area contributed by atoms with Gasteiger partial charge in [-0.3, -0.25) is 14.8 Å². The van der Waals surface area contributed by atoms with E-state index >= 15 is 0 Å². The van der Waals surface area contributed by atoms with Gasteiger partial charge in [-0.1, -0.05) is 18.2 Å². The molecule has 1 fully saturated rings. The van der Waals surface area contributed by atoms with Crippen molar-refractivity contribution in [3.63, 3.8) is 0 Å². The lowest BCUT2D eigenvalue weighted by molar-refractivity contribution is 0.0240. The van der Waals surface area contributed by atoms with Crippen molar-refractivity contribution in [3.05, 3.63) is 58.4 Å². The number of carbonyl (C=O) groups excluding carboxylic acids is 1. The van der Waals surface area contributed by atoms with Gasteiger partial charge >= 0.3 is 12.2 Å². The number of nitrogens with zero attached hydrogens (tertiary/aromatic N) is 5. The van der Waals surface area contributed by atoms with Gasteiger partial charge in [0.1, 0.15) is 5.60 Å². The average molecular weight is 550 g/mol. The van der Waals surface area contributed by atoms with E-state index < -0.39 is 11.7 Å². The molecular weight excluding hydrogens is 506 g/mol. The third-order valence-corrected chi connectivity index (χ3v) is 8.40. The zero-order chi connectivity index (χ0) is 28.6. The minimum absolute atomic E-state index is 0.157. The van der Waals surface area contributed by atoms with E-state index in [-0.39, 0.29) is 18.2 Å². The van der Waals surface area contributed by atoms with Gasteiger partial charge in [0.05, 0.1) is 17.8 Å². The Hall–Kier alpha value is -3.33. The van der Waals surface area contributed by atoms with E-state index in [2.05, 4.69) is 42.0 Å². The number of hydrogen-bond acceptors (Lipinski definition) is 6. The molecule has 0 spiro atoms. The Bertz CT molecular complexity index is 1250. The first-order chi connectivity index (χ1) is 19.0. The molecule has 1 N–H and O–H groups in total. The van der Waals surface area contributed by atoms with Gasteiger partial charge in [-0.2, -0.15) is 0 Å². The maximum Gasteiger partial charge on any atom is 0.410 e. The third-order valence-electron chi connectivity index (χ3n) is 8.40. The molecule has 2 atom stereocenters. The lowest BCUT2D eigenvalue weighted by Crippen LogP contribution is -2.52. The Morgan fingerprint density at radius 1 is 1.15 bits per heavy atom. The number of hydrogen-bond donors (Lipinski definition) is 1. The summed E-state index contributed by atoms with van der Waals surface area (Å²) in [5.74, 6) is 0. The first kappa shape index (κ1) is 28.2. The number of pyridine rings is 1. The SMILES string of the molecule is Cc1cnc2c(c1)CCC[C@@H]2N(C)CC1Cc2c(cccc2N2CCN(C(=O)OC(C)(C)C)CC2)CN1C(=O)O. The fraction of sp³-hybridized carbons (Fsp3) is 0.581. The van der Waals surface area contributed by atoms with Gasteiger partial charge in [0.2, 0.25) is 0 Å². The van der Waals surface area contributed by atoms with Gasteiger partial charge in [0.15, 0.2) is 0 Å². The van der Waals surface area contributed by atoms with Crippen LogP contribution >= 0.6 is 0 Å². The average Bonchev–Trinajstić information content (AvgIpc) is 2.91. The van der Waals surface area contributed by atoms with Crippen LogP contribution in [0.5, 0.6) is 0 Å². The van der Waals surface area contributed by atoms with E-state index in [0.29, 0.717) is 45.7 Å². The maximum absolute atomic E-state index is 12.6. The Morgan fingerprint density at radius 2 is 1.90 bits per heavy atom. The molecular formula is C31H43N5O4. The molecule has 1 aliphatic carbocycles. The number of ether oxygens (including phenoxy) is 1. The third kappa shape index (κ3) is 6.04. The Labute approximate surface area is 237 Å². The predicted molar refractivity (Wildman–Crippen MR) is 155 cm³/mol. The van der Waals surface area contributed by atoms with Gasteiger partial charge in [0.25, 0.3) is 0 Å². The van der Waals surface area contributed by atoms with Gasteiger partial charge in [0, 0.05) is 51.2 Å². The molecule has 1 aromatic carbocycles. The summed E-state index contributed by atoms with van der Waals surface area (Å²) in [5, 5.41) is 10.2. The van der Waals surface area contributed by atoms with E-state index in [4.69, 9.17) is 9.72 Å². The number of rotatable bonds is 4. The standard InChI is InChI=1S/C31H43N5O4/c1-21-16-22-8-6-11-27(28(22)32-18-21)33(5)20-24-17-25-23(19-36(24)29(37)38)9-7-10-26(25)34-12-14-35(15-13-34)30(39)40-31(2,3)4/h7,9-10,16,18,24,27H,6,8,11-15,17,19-20H2,1-5H3,(H,37,38)/t24?,27-/m0/s1. The Balaban J connectivity index is 1.32. The van der Waals surface area contributed by atoms with Crippen LogP contribution in [0.25, 0.3) is 0 Å². The molecule has 3 heterocycles. The van der Waals surface area contributed by atoms with Crippen LogP contribution in [0.15, 0.2) is 30.5 Å². The lowest BCUT2D eigenvalue weighted by atomic mass is 9.88. The highest BCUT2D eigenvalue weighted by Gasteiger charge is 2.35.